The lowest BCUT2D eigenvalue weighted by atomic mass is 10.2. The van der Waals surface area contributed by atoms with E-state index in [1.54, 1.807) is 0 Å². The summed E-state index contributed by atoms with van der Waals surface area (Å²) >= 11 is 8.18. The van der Waals surface area contributed by atoms with Crippen LogP contribution in [0.25, 0.3) is 0 Å². The summed E-state index contributed by atoms with van der Waals surface area (Å²) in [5.41, 5.74) is 10.1. The summed E-state index contributed by atoms with van der Waals surface area (Å²) in [5, 5.41) is 14.2. The van der Waals surface area contributed by atoms with Crippen LogP contribution in [0.1, 0.15) is 12.8 Å². The Bertz CT molecular complexity index is 526. The summed E-state index contributed by atoms with van der Waals surface area (Å²) in [4.78, 5) is 46.2. The molecule has 6 amide bonds. The van der Waals surface area contributed by atoms with E-state index in [4.69, 9.17) is 22.3 Å². The first-order valence-electron chi connectivity index (χ1n) is 5.25. The monoisotopic (exact) mass is 346 g/mol. The second-order valence-electron chi connectivity index (χ2n) is 3.48. The molecule has 0 saturated heterocycles. The Morgan fingerprint density at radius 3 is 1.27 bits per heavy atom. The normalized spacial score (nSPS) is 9.27. The van der Waals surface area contributed by atoms with Crippen molar-refractivity contribution in [3.05, 3.63) is 0 Å². The number of amides is 6. The fourth-order valence-electron chi connectivity index (χ4n) is 1.21. The maximum absolute atomic E-state index is 11.7. The van der Waals surface area contributed by atoms with E-state index in [1.807, 2.05) is 0 Å². The van der Waals surface area contributed by atoms with Gasteiger partial charge in [-0.05, 0) is 0 Å². The molecule has 14 heteroatoms. The minimum atomic E-state index is -1.26. The number of rotatable bonds is 3. The van der Waals surface area contributed by atoms with Crippen molar-refractivity contribution < 1.29 is 19.2 Å². The van der Waals surface area contributed by atoms with Crippen molar-refractivity contribution in [2.75, 3.05) is 0 Å². The second-order valence-corrected chi connectivity index (χ2v) is 3.84. The molecule has 0 bridgehead atoms. The van der Waals surface area contributed by atoms with E-state index >= 15 is 0 Å². The summed E-state index contributed by atoms with van der Waals surface area (Å²) in [6, 6.07) is -2.53. The van der Waals surface area contributed by atoms with E-state index < -0.39 is 48.6 Å². The number of carbonyl (C=O) groups is 4. The molecule has 12 nitrogen and oxygen atoms in total. The van der Waals surface area contributed by atoms with Crippen LogP contribution >= 0.6 is 0 Å². The predicted octanol–water partition coefficient (Wildman–Crippen LogP) is -1.09. The first-order valence-corrected chi connectivity index (χ1v) is 5.99. The molecule has 0 saturated carbocycles. The second kappa shape index (κ2) is 8.53. The van der Waals surface area contributed by atoms with Crippen LogP contribution in [0, 0.1) is 10.8 Å². The van der Waals surface area contributed by atoms with E-state index in [0.717, 1.165) is 0 Å². The number of nitrogens with one attached hydrogen (secondary N) is 2. The van der Waals surface area contributed by atoms with Crippen molar-refractivity contribution in [3.63, 3.8) is 0 Å². The zero-order chi connectivity index (χ0) is 17.4. The summed E-state index contributed by atoms with van der Waals surface area (Å²) in [6.07, 6.45) is -1.24. The molecule has 0 aromatic carbocycles. The van der Waals surface area contributed by atoms with Crippen LogP contribution in [0.15, 0.2) is 8.73 Å². The Labute approximate surface area is 134 Å². The molecule has 118 valence electrons. The van der Waals surface area contributed by atoms with Gasteiger partial charge in [-0.2, -0.15) is 9.80 Å². The van der Waals surface area contributed by atoms with E-state index in [-0.39, 0.29) is 9.80 Å². The molecule has 22 heavy (non-hydrogen) atoms. The number of imide groups is 2. The van der Waals surface area contributed by atoms with Crippen molar-refractivity contribution >= 4 is 60.6 Å². The average Bonchev–Trinajstić information content (AvgIpc) is 2.44. The summed E-state index contributed by atoms with van der Waals surface area (Å²) in [6.45, 7) is 0. The lowest BCUT2D eigenvalue weighted by Gasteiger charge is -2.17. The van der Waals surface area contributed by atoms with Gasteiger partial charge in [0.1, 0.15) is 0 Å². The molecular weight excluding hydrogens is 336 g/mol. The van der Waals surface area contributed by atoms with Crippen molar-refractivity contribution in [2.24, 2.45) is 20.2 Å². The van der Waals surface area contributed by atoms with E-state index in [2.05, 4.69) is 33.6 Å². The molecule has 0 aliphatic carbocycles. The summed E-state index contributed by atoms with van der Waals surface area (Å²) in [5.74, 6) is -3.97. The first-order chi connectivity index (χ1) is 10.2. The third-order valence-electron chi connectivity index (χ3n) is 2.07. The Balaban J connectivity index is 4.97. The molecule has 0 radical (unpaired) electrons. The van der Waals surface area contributed by atoms with Crippen LogP contribution in [-0.2, 0) is 34.4 Å². The highest BCUT2D eigenvalue weighted by Gasteiger charge is 2.28. The highest BCUT2D eigenvalue weighted by molar-refractivity contribution is 7.48. The zero-order valence-corrected chi connectivity index (χ0v) is 12.4. The van der Waals surface area contributed by atoms with Crippen LogP contribution in [0.4, 0.5) is 9.59 Å². The Hall–Kier alpha value is -2.74. The largest absolute Gasteiger partial charge is 0.369 e. The van der Waals surface area contributed by atoms with Crippen molar-refractivity contribution in [1.29, 1.82) is 10.8 Å². The smallest absolute Gasteiger partial charge is 0.368 e. The maximum Gasteiger partial charge on any atom is 0.368 e. The minimum absolute atomic E-state index is 0.150. The summed E-state index contributed by atoms with van der Waals surface area (Å²) < 4.78 is 5.52. The standard InChI is InChI=1S/C8H10N8O4S2/c9-5(10)15(7(19)13-21)3(17)1-2-4(18)16(6(11)12)8(20)14-22/h1-2H2,(H3,9,10)(H3,11,12). The van der Waals surface area contributed by atoms with Crippen LogP contribution in [0.3, 0.4) is 0 Å². The molecule has 0 fully saturated rings. The van der Waals surface area contributed by atoms with Crippen LogP contribution in [0.5, 0.6) is 0 Å². The molecule has 0 rings (SSSR count). The number of urea groups is 2. The Morgan fingerprint density at radius 2 is 1.09 bits per heavy atom. The van der Waals surface area contributed by atoms with Gasteiger partial charge >= 0.3 is 12.1 Å². The van der Waals surface area contributed by atoms with Gasteiger partial charge in [0.15, 0.2) is 0 Å². The number of nitrogens with two attached hydrogens (primary N) is 2. The number of nitrogens with zero attached hydrogens (tertiary/aromatic N) is 4. The van der Waals surface area contributed by atoms with Crippen LogP contribution in [0.2, 0.25) is 0 Å². The van der Waals surface area contributed by atoms with Gasteiger partial charge < -0.3 is 11.5 Å². The zero-order valence-electron chi connectivity index (χ0n) is 10.8. The van der Waals surface area contributed by atoms with Crippen molar-refractivity contribution in [1.82, 2.24) is 9.80 Å². The van der Waals surface area contributed by atoms with Gasteiger partial charge in [-0.15, -0.1) is 8.73 Å². The highest BCUT2D eigenvalue weighted by Crippen LogP contribution is 2.05. The summed E-state index contributed by atoms with van der Waals surface area (Å²) in [7, 11) is 0. The van der Waals surface area contributed by atoms with Crippen LogP contribution in [-0.4, -0.2) is 45.6 Å². The first kappa shape index (κ1) is 19.3. The number of hydrogen-bond acceptors (Lipinski definition) is 8. The topological polar surface area (TPSA) is 199 Å². The van der Waals surface area contributed by atoms with Gasteiger partial charge in [0, 0.05) is 37.7 Å². The minimum Gasteiger partial charge on any atom is -0.369 e. The Morgan fingerprint density at radius 1 is 0.818 bits per heavy atom. The molecule has 0 spiro atoms. The molecule has 0 atom stereocenters. The number of carbonyl (C=O) groups excluding carboxylic acids is 4. The average molecular weight is 346 g/mol. The van der Waals surface area contributed by atoms with Crippen molar-refractivity contribution in [3.8, 4) is 0 Å². The molecule has 0 aromatic rings. The van der Waals surface area contributed by atoms with E-state index in [9.17, 15) is 19.2 Å². The predicted molar refractivity (Wildman–Crippen MR) is 77.1 cm³/mol. The molecule has 0 heterocycles. The lowest BCUT2D eigenvalue weighted by molar-refractivity contribution is -0.130. The van der Waals surface area contributed by atoms with E-state index in [0.29, 0.717) is 0 Å². The molecule has 6 N–H and O–H groups in total. The highest BCUT2D eigenvalue weighted by atomic mass is 32.1. The Kier molecular flexibility index (Phi) is 7.46. The van der Waals surface area contributed by atoms with Gasteiger partial charge in [-0.1, -0.05) is 0 Å². The lowest BCUT2D eigenvalue weighted by Crippen LogP contribution is -2.46. The van der Waals surface area contributed by atoms with E-state index in [1.165, 1.54) is 0 Å². The quantitative estimate of drug-likeness (QED) is 0.364. The fraction of sp³-hybridized carbons (Fsp3) is 0.250. The molecule has 0 aliphatic rings. The van der Waals surface area contributed by atoms with Gasteiger partial charge in [-0.3, -0.25) is 20.4 Å². The van der Waals surface area contributed by atoms with Gasteiger partial charge in [0.2, 0.25) is 23.7 Å². The van der Waals surface area contributed by atoms with Gasteiger partial charge in [0.25, 0.3) is 0 Å². The maximum atomic E-state index is 11.7. The van der Waals surface area contributed by atoms with Crippen LogP contribution < -0.4 is 11.5 Å². The molecule has 0 aliphatic heterocycles. The van der Waals surface area contributed by atoms with Gasteiger partial charge in [-0.25, -0.2) is 9.59 Å². The third-order valence-corrected chi connectivity index (χ3v) is 2.38. The van der Waals surface area contributed by atoms with Crippen molar-refractivity contribution in [2.45, 2.75) is 12.8 Å². The number of guanidine groups is 2. The molecular formula is C8H10N8O4S2. The third kappa shape index (κ3) is 4.98. The fourth-order valence-corrected chi connectivity index (χ4v) is 1.37. The molecule has 0 aromatic heterocycles. The van der Waals surface area contributed by atoms with Gasteiger partial charge in [0.05, 0.1) is 0 Å². The number of hydrogen-bond donors (Lipinski definition) is 4. The molecule has 0 unspecified atom stereocenters. The SMILES string of the molecule is N=C(N)N(C(=O)CCC(=O)N(C(=N)N)C(=O)N=S)C(=O)N=S.